The number of aliphatic hydroxyl groups is 1. The number of carbonyl (C=O) groups is 2. The third-order valence-corrected chi connectivity index (χ3v) is 4.20. The molecule has 0 saturated heterocycles. The monoisotopic (exact) mass is 372 g/mol. The average molecular weight is 373 g/mol. The number of nitrogens with one attached hydrogen (secondary N) is 2. The van der Waals surface area contributed by atoms with Crippen molar-refractivity contribution in [2.45, 2.75) is 12.3 Å². The highest BCUT2D eigenvalue weighted by Gasteiger charge is 2.15. The SMILES string of the molecule is C=CC(=O)Nc1cccc(CC(=O)NCC(CO)c2ccccc2Cl)c1. The lowest BCUT2D eigenvalue weighted by molar-refractivity contribution is -0.120. The fourth-order valence-electron chi connectivity index (χ4n) is 2.52. The molecule has 2 aromatic rings. The number of anilines is 1. The summed E-state index contributed by atoms with van der Waals surface area (Å²) in [4.78, 5) is 23.6. The van der Waals surface area contributed by atoms with E-state index in [0.717, 1.165) is 11.1 Å². The minimum Gasteiger partial charge on any atom is -0.396 e. The number of amides is 2. The van der Waals surface area contributed by atoms with Crippen LogP contribution in [0.3, 0.4) is 0 Å². The fraction of sp³-hybridized carbons (Fsp3) is 0.200. The molecule has 26 heavy (non-hydrogen) atoms. The molecule has 3 N–H and O–H groups in total. The first-order valence-electron chi connectivity index (χ1n) is 8.17. The lowest BCUT2D eigenvalue weighted by Crippen LogP contribution is -2.31. The molecule has 0 aliphatic heterocycles. The summed E-state index contributed by atoms with van der Waals surface area (Å²) in [5.74, 6) is -0.759. The average Bonchev–Trinajstić information content (AvgIpc) is 2.63. The fourth-order valence-corrected chi connectivity index (χ4v) is 2.81. The van der Waals surface area contributed by atoms with E-state index < -0.39 is 0 Å². The number of benzene rings is 2. The van der Waals surface area contributed by atoms with Gasteiger partial charge in [-0.3, -0.25) is 9.59 Å². The highest BCUT2D eigenvalue weighted by atomic mass is 35.5. The van der Waals surface area contributed by atoms with Crippen molar-refractivity contribution < 1.29 is 14.7 Å². The van der Waals surface area contributed by atoms with Gasteiger partial charge in [0.2, 0.25) is 11.8 Å². The van der Waals surface area contributed by atoms with Gasteiger partial charge >= 0.3 is 0 Å². The number of carbonyl (C=O) groups excluding carboxylic acids is 2. The summed E-state index contributed by atoms with van der Waals surface area (Å²) in [6.07, 6.45) is 1.35. The molecule has 6 heteroatoms. The van der Waals surface area contributed by atoms with Gasteiger partial charge in [-0.15, -0.1) is 0 Å². The van der Waals surface area contributed by atoms with Crippen molar-refractivity contribution in [2.24, 2.45) is 0 Å². The van der Waals surface area contributed by atoms with Gasteiger partial charge in [-0.2, -0.15) is 0 Å². The van der Waals surface area contributed by atoms with Crippen LogP contribution in [-0.2, 0) is 16.0 Å². The lowest BCUT2D eigenvalue weighted by Gasteiger charge is -2.17. The first-order valence-corrected chi connectivity index (χ1v) is 8.55. The summed E-state index contributed by atoms with van der Waals surface area (Å²) in [5.41, 5.74) is 2.17. The Bertz CT molecular complexity index is 792. The van der Waals surface area contributed by atoms with Crippen molar-refractivity contribution in [2.75, 3.05) is 18.5 Å². The van der Waals surface area contributed by atoms with Crippen molar-refractivity contribution >= 4 is 29.1 Å². The minimum atomic E-state index is -0.308. The number of rotatable bonds is 8. The van der Waals surface area contributed by atoms with Crippen molar-refractivity contribution in [1.82, 2.24) is 5.32 Å². The molecule has 0 aliphatic carbocycles. The molecule has 1 atom stereocenters. The van der Waals surface area contributed by atoms with Crippen molar-refractivity contribution in [3.63, 3.8) is 0 Å². The number of aliphatic hydroxyl groups excluding tert-OH is 1. The maximum atomic E-state index is 12.2. The molecule has 2 aromatic carbocycles. The van der Waals surface area contributed by atoms with Crippen molar-refractivity contribution in [3.8, 4) is 0 Å². The van der Waals surface area contributed by atoms with Gasteiger partial charge in [0.1, 0.15) is 0 Å². The maximum Gasteiger partial charge on any atom is 0.247 e. The molecule has 2 amide bonds. The molecule has 0 saturated carbocycles. The van der Waals surface area contributed by atoms with Crippen molar-refractivity contribution in [3.05, 3.63) is 77.3 Å². The molecule has 0 radical (unpaired) electrons. The molecule has 0 heterocycles. The summed E-state index contributed by atoms with van der Waals surface area (Å²) < 4.78 is 0. The van der Waals surface area contributed by atoms with Gasteiger partial charge in [-0.1, -0.05) is 48.5 Å². The standard InChI is InChI=1S/C20H21ClN2O3/c1-2-19(25)23-16-7-5-6-14(10-16)11-20(26)22-12-15(13-24)17-8-3-4-9-18(17)21/h2-10,15,24H,1,11-13H2,(H,22,26)(H,23,25). The highest BCUT2D eigenvalue weighted by molar-refractivity contribution is 6.31. The second-order valence-corrected chi connectivity index (χ2v) is 6.18. The quantitative estimate of drug-likeness (QED) is 0.623. The van der Waals surface area contributed by atoms with E-state index in [0.29, 0.717) is 10.7 Å². The van der Waals surface area contributed by atoms with Gasteiger partial charge < -0.3 is 15.7 Å². The molecule has 0 spiro atoms. The molecule has 0 aromatic heterocycles. The van der Waals surface area contributed by atoms with Crippen LogP contribution in [0.2, 0.25) is 5.02 Å². The van der Waals surface area contributed by atoms with E-state index in [9.17, 15) is 14.7 Å². The molecule has 136 valence electrons. The van der Waals surface area contributed by atoms with Crippen LogP contribution in [-0.4, -0.2) is 30.1 Å². The predicted octanol–water partition coefficient (Wildman–Crippen LogP) is 2.90. The molecular weight excluding hydrogens is 352 g/mol. The van der Waals surface area contributed by atoms with Gasteiger partial charge in [0.25, 0.3) is 0 Å². The topological polar surface area (TPSA) is 78.4 Å². The van der Waals surface area contributed by atoms with E-state index in [1.165, 1.54) is 6.08 Å². The highest BCUT2D eigenvalue weighted by Crippen LogP contribution is 2.23. The van der Waals surface area contributed by atoms with Crippen LogP contribution in [0.5, 0.6) is 0 Å². The van der Waals surface area contributed by atoms with Crippen molar-refractivity contribution in [1.29, 1.82) is 0 Å². The van der Waals surface area contributed by atoms with Gasteiger partial charge in [-0.25, -0.2) is 0 Å². The summed E-state index contributed by atoms with van der Waals surface area (Å²) in [6, 6.07) is 14.3. The molecule has 5 nitrogen and oxygen atoms in total. The third kappa shape index (κ3) is 5.72. The van der Waals surface area contributed by atoms with Gasteiger partial charge in [-0.05, 0) is 35.4 Å². The maximum absolute atomic E-state index is 12.2. The number of hydrogen-bond acceptors (Lipinski definition) is 3. The third-order valence-electron chi connectivity index (χ3n) is 3.86. The number of hydrogen-bond donors (Lipinski definition) is 3. The smallest absolute Gasteiger partial charge is 0.247 e. The Kier molecular flexibility index (Phi) is 7.38. The van der Waals surface area contributed by atoms with E-state index in [4.69, 9.17) is 11.6 Å². The van der Waals surface area contributed by atoms with E-state index in [1.54, 1.807) is 30.3 Å². The second kappa shape index (κ2) is 9.75. The van der Waals surface area contributed by atoms with Crippen LogP contribution in [0.4, 0.5) is 5.69 Å². The van der Waals surface area contributed by atoms with E-state index in [2.05, 4.69) is 17.2 Å². The summed E-state index contributed by atoms with van der Waals surface area (Å²) in [6.45, 7) is 3.57. The molecule has 0 aliphatic rings. The molecule has 1 unspecified atom stereocenters. The molecular formula is C20H21ClN2O3. The normalized spacial score (nSPS) is 11.5. The van der Waals surface area contributed by atoms with Gasteiger partial charge in [0.05, 0.1) is 13.0 Å². The first kappa shape index (κ1) is 19.7. The van der Waals surface area contributed by atoms with Crippen LogP contribution < -0.4 is 10.6 Å². The zero-order valence-electron chi connectivity index (χ0n) is 14.2. The zero-order chi connectivity index (χ0) is 18.9. The summed E-state index contributed by atoms with van der Waals surface area (Å²) in [5, 5.41) is 15.6. The van der Waals surface area contributed by atoms with E-state index in [-0.39, 0.29) is 37.3 Å². The van der Waals surface area contributed by atoms with Crippen LogP contribution in [0.15, 0.2) is 61.2 Å². The Morgan fingerprint density at radius 1 is 1.19 bits per heavy atom. The van der Waals surface area contributed by atoms with Crippen LogP contribution in [0, 0.1) is 0 Å². The van der Waals surface area contributed by atoms with Crippen LogP contribution in [0.1, 0.15) is 17.0 Å². The van der Waals surface area contributed by atoms with Gasteiger partial charge in [0, 0.05) is 23.2 Å². The number of halogens is 1. The Morgan fingerprint density at radius 3 is 2.65 bits per heavy atom. The van der Waals surface area contributed by atoms with E-state index in [1.807, 2.05) is 18.2 Å². The molecule has 0 bridgehead atoms. The van der Waals surface area contributed by atoms with E-state index >= 15 is 0 Å². The Balaban J connectivity index is 1.94. The Hall–Kier alpha value is -2.63. The summed E-state index contributed by atoms with van der Waals surface area (Å²) >= 11 is 6.15. The largest absolute Gasteiger partial charge is 0.396 e. The molecule has 0 fully saturated rings. The first-order chi connectivity index (χ1) is 12.5. The van der Waals surface area contributed by atoms with Crippen LogP contribution in [0.25, 0.3) is 0 Å². The minimum absolute atomic E-state index is 0.118. The summed E-state index contributed by atoms with van der Waals surface area (Å²) in [7, 11) is 0. The molecule has 2 rings (SSSR count). The van der Waals surface area contributed by atoms with Crippen LogP contribution >= 0.6 is 11.6 Å². The zero-order valence-corrected chi connectivity index (χ0v) is 15.0. The predicted molar refractivity (Wildman–Crippen MR) is 103 cm³/mol. The Morgan fingerprint density at radius 2 is 1.96 bits per heavy atom. The van der Waals surface area contributed by atoms with Gasteiger partial charge in [0.15, 0.2) is 0 Å². The second-order valence-electron chi connectivity index (χ2n) is 5.78. The Labute approximate surface area is 157 Å². The lowest BCUT2D eigenvalue weighted by atomic mass is 10.00.